The standard InChI is InChI=1S/C21H12Cl2F2N4O2S/c1-11(30)29(18-6-5-13(24)8-16(18)25)21-27-14(10-32-21)7-12(9-26)20(31)28-17-4-2-3-15(22)19(17)23/h2-8,10H,1H3,(H,28,31)/b12-7+. The highest BCUT2D eigenvalue weighted by Crippen LogP contribution is 2.32. The minimum atomic E-state index is -0.942. The number of anilines is 3. The normalized spacial score (nSPS) is 11.1. The van der Waals surface area contributed by atoms with Gasteiger partial charge in [0.2, 0.25) is 5.91 Å². The number of benzene rings is 2. The van der Waals surface area contributed by atoms with Crippen molar-refractivity contribution in [3.05, 3.63) is 74.7 Å². The zero-order valence-corrected chi connectivity index (χ0v) is 18.5. The van der Waals surface area contributed by atoms with Gasteiger partial charge < -0.3 is 5.32 Å². The quantitative estimate of drug-likeness (QED) is 0.351. The predicted octanol–water partition coefficient (Wildman–Crippen LogP) is 5.96. The van der Waals surface area contributed by atoms with E-state index in [1.165, 1.54) is 24.4 Å². The van der Waals surface area contributed by atoms with Crippen LogP contribution in [0.25, 0.3) is 6.08 Å². The molecule has 32 heavy (non-hydrogen) atoms. The summed E-state index contributed by atoms with van der Waals surface area (Å²) in [6, 6.07) is 9.19. The fraction of sp³-hybridized carbons (Fsp3) is 0.0476. The van der Waals surface area contributed by atoms with E-state index in [0.29, 0.717) is 6.07 Å². The summed E-state index contributed by atoms with van der Waals surface area (Å²) in [6.45, 7) is 1.20. The molecular formula is C21H12Cl2F2N4O2S. The molecule has 11 heteroatoms. The Bertz CT molecular complexity index is 1290. The minimum absolute atomic E-state index is 0.0739. The lowest BCUT2D eigenvalue weighted by Crippen LogP contribution is -2.23. The Morgan fingerprint density at radius 3 is 2.66 bits per heavy atom. The summed E-state index contributed by atoms with van der Waals surface area (Å²) in [7, 11) is 0. The molecule has 0 unspecified atom stereocenters. The number of hydrogen-bond acceptors (Lipinski definition) is 5. The third kappa shape index (κ3) is 5.11. The van der Waals surface area contributed by atoms with Crippen LogP contribution in [-0.4, -0.2) is 16.8 Å². The number of thiazole rings is 1. The van der Waals surface area contributed by atoms with Crippen LogP contribution in [-0.2, 0) is 9.59 Å². The molecule has 2 amide bonds. The van der Waals surface area contributed by atoms with Crippen molar-refractivity contribution in [1.29, 1.82) is 5.26 Å². The monoisotopic (exact) mass is 492 g/mol. The van der Waals surface area contributed by atoms with Crippen LogP contribution in [0, 0.1) is 23.0 Å². The molecule has 1 aromatic heterocycles. The average molecular weight is 493 g/mol. The summed E-state index contributed by atoms with van der Waals surface area (Å²) in [4.78, 5) is 29.8. The molecule has 0 aliphatic rings. The van der Waals surface area contributed by atoms with Gasteiger partial charge in [-0.3, -0.25) is 14.5 Å². The fourth-order valence-corrected chi connectivity index (χ4v) is 3.79. The van der Waals surface area contributed by atoms with E-state index in [9.17, 15) is 23.6 Å². The second-order valence-electron chi connectivity index (χ2n) is 6.23. The van der Waals surface area contributed by atoms with E-state index in [2.05, 4.69) is 10.3 Å². The van der Waals surface area contributed by atoms with Crippen molar-refractivity contribution in [1.82, 2.24) is 4.98 Å². The Hall–Kier alpha value is -3.32. The third-order valence-corrected chi connectivity index (χ3v) is 5.69. The van der Waals surface area contributed by atoms with Gasteiger partial charge >= 0.3 is 0 Å². The van der Waals surface area contributed by atoms with Crippen molar-refractivity contribution < 1.29 is 18.4 Å². The SMILES string of the molecule is CC(=O)N(c1nc(/C=C(\C#N)C(=O)Nc2cccc(Cl)c2Cl)cs1)c1ccc(F)cc1F. The van der Waals surface area contributed by atoms with Gasteiger partial charge in [-0.1, -0.05) is 29.3 Å². The summed E-state index contributed by atoms with van der Waals surface area (Å²) in [5.74, 6) is -3.04. The van der Waals surface area contributed by atoms with Crippen LogP contribution in [0.4, 0.5) is 25.3 Å². The fourth-order valence-electron chi connectivity index (χ4n) is 2.60. The topological polar surface area (TPSA) is 86.1 Å². The number of carbonyl (C=O) groups excluding carboxylic acids is 2. The highest BCUT2D eigenvalue weighted by atomic mass is 35.5. The number of amides is 2. The minimum Gasteiger partial charge on any atom is -0.320 e. The maximum absolute atomic E-state index is 14.2. The van der Waals surface area contributed by atoms with E-state index in [4.69, 9.17) is 23.2 Å². The molecule has 3 rings (SSSR count). The molecule has 2 aromatic carbocycles. The summed E-state index contributed by atoms with van der Waals surface area (Å²) >= 11 is 12.9. The van der Waals surface area contributed by atoms with E-state index in [-0.39, 0.29) is 37.8 Å². The predicted molar refractivity (Wildman–Crippen MR) is 120 cm³/mol. The zero-order valence-electron chi connectivity index (χ0n) is 16.2. The third-order valence-electron chi connectivity index (χ3n) is 4.02. The van der Waals surface area contributed by atoms with Gasteiger partial charge in [-0.2, -0.15) is 5.26 Å². The maximum atomic E-state index is 14.2. The van der Waals surface area contributed by atoms with Crippen molar-refractivity contribution in [2.75, 3.05) is 10.2 Å². The van der Waals surface area contributed by atoms with Crippen molar-refractivity contribution in [2.45, 2.75) is 6.92 Å². The lowest BCUT2D eigenvalue weighted by atomic mass is 10.2. The van der Waals surface area contributed by atoms with Crippen LogP contribution in [0.5, 0.6) is 0 Å². The van der Waals surface area contributed by atoms with Crippen molar-refractivity contribution in [3.63, 3.8) is 0 Å². The van der Waals surface area contributed by atoms with E-state index in [1.807, 2.05) is 0 Å². The number of nitrogens with zero attached hydrogens (tertiary/aromatic N) is 3. The van der Waals surface area contributed by atoms with Crippen LogP contribution in [0.2, 0.25) is 10.0 Å². The number of carbonyl (C=O) groups is 2. The first-order valence-electron chi connectivity index (χ1n) is 8.79. The van der Waals surface area contributed by atoms with E-state index < -0.39 is 23.4 Å². The summed E-state index contributed by atoms with van der Waals surface area (Å²) in [6.07, 6.45) is 1.20. The zero-order chi connectivity index (χ0) is 23.4. The van der Waals surface area contributed by atoms with Crippen LogP contribution in [0.3, 0.4) is 0 Å². The van der Waals surface area contributed by atoms with Gasteiger partial charge in [-0.25, -0.2) is 13.8 Å². The van der Waals surface area contributed by atoms with Gasteiger partial charge in [-0.05, 0) is 30.3 Å². The molecule has 0 fully saturated rings. The molecule has 6 nitrogen and oxygen atoms in total. The lowest BCUT2D eigenvalue weighted by molar-refractivity contribution is -0.116. The van der Waals surface area contributed by atoms with Crippen LogP contribution < -0.4 is 10.2 Å². The van der Waals surface area contributed by atoms with Crippen molar-refractivity contribution >= 4 is 68.9 Å². The number of nitrogens with one attached hydrogen (secondary N) is 1. The number of halogens is 4. The highest BCUT2D eigenvalue weighted by Gasteiger charge is 2.22. The van der Waals surface area contributed by atoms with Gasteiger partial charge in [0.1, 0.15) is 23.3 Å². The van der Waals surface area contributed by atoms with Crippen molar-refractivity contribution in [2.24, 2.45) is 0 Å². The average Bonchev–Trinajstić information content (AvgIpc) is 3.19. The summed E-state index contributed by atoms with van der Waals surface area (Å²) in [5, 5.41) is 13.8. The molecule has 1 N–H and O–H groups in total. The number of hydrogen-bond donors (Lipinski definition) is 1. The largest absolute Gasteiger partial charge is 0.320 e. The van der Waals surface area contributed by atoms with Gasteiger partial charge in [-0.15, -0.1) is 11.3 Å². The van der Waals surface area contributed by atoms with Gasteiger partial charge in [0.25, 0.3) is 5.91 Å². The molecule has 3 aromatic rings. The second kappa shape index (κ2) is 9.87. The van der Waals surface area contributed by atoms with Gasteiger partial charge in [0, 0.05) is 18.4 Å². The molecule has 0 spiro atoms. The van der Waals surface area contributed by atoms with Crippen LogP contribution >= 0.6 is 34.5 Å². The first-order valence-corrected chi connectivity index (χ1v) is 10.4. The molecule has 0 aliphatic heterocycles. The number of nitriles is 1. The molecule has 0 saturated carbocycles. The molecule has 0 aliphatic carbocycles. The van der Waals surface area contributed by atoms with E-state index in [0.717, 1.165) is 28.4 Å². The van der Waals surface area contributed by atoms with Gasteiger partial charge in [0.15, 0.2) is 5.13 Å². The smallest absolute Gasteiger partial charge is 0.266 e. The van der Waals surface area contributed by atoms with Crippen LogP contribution in [0.15, 0.2) is 47.4 Å². The molecule has 0 radical (unpaired) electrons. The lowest BCUT2D eigenvalue weighted by Gasteiger charge is -2.18. The first-order chi connectivity index (χ1) is 15.2. The molecular weight excluding hydrogens is 481 g/mol. The Morgan fingerprint density at radius 2 is 2.00 bits per heavy atom. The first kappa shape index (κ1) is 23.3. The Kier molecular flexibility index (Phi) is 7.20. The highest BCUT2D eigenvalue weighted by molar-refractivity contribution is 7.14. The van der Waals surface area contributed by atoms with E-state index in [1.54, 1.807) is 18.2 Å². The molecule has 0 atom stereocenters. The number of aromatic nitrogens is 1. The molecule has 0 bridgehead atoms. The Labute approximate surface area is 195 Å². The maximum Gasteiger partial charge on any atom is 0.266 e. The van der Waals surface area contributed by atoms with Crippen molar-refractivity contribution in [3.8, 4) is 6.07 Å². The molecule has 0 saturated heterocycles. The Balaban J connectivity index is 1.89. The number of rotatable bonds is 5. The summed E-state index contributed by atoms with van der Waals surface area (Å²) in [5.41, 5.74) is -0.0701. The molecule has 1 heterocycles. The van der Waals surface area contributed by atoms with Gasteiger partial charge in [0.05, 0.1) is 27.1 Å². The van der Waals surface area contributed by atoms with E-state index >= 15 is 0 Å². The molecule has 162 valence electrons. The Morgan fingerprint density at radius 1 is 1.25 bits per heavy atom. The summed E-state index contributed by atoms with van der Waals surface area (Å²) < 4.78 is 27.4. The second-order valence-corrected chi connectivity index (χ2v) is 7.85. The van der Waals surface area contributed by atoms with Crippen LogP contribution in [0.1, 0.15) is 12.6 Å².